The zero-order valence-electron chi connectivity index (χ0n) is 19.5. The highest BCUT2D eigenvalue weighted by Crippen LogP contribution is 2.44. The second kappa shape index (κ2) is 9.10. The zero-order valence-corrected chi connectivity index (χ0v) is 19.5. The van der Waals surface area contributed by atoms with Gasteiger partial charge in [-0.3, -0.25) is 19.3 Å². The maximum absolute atomic E-state index is 13.4. The number of hydrogen-bond acceptors (Lipinski definition) is 7. The van der Waals surface area contributed by atoms with Crippen LogP contribution >= 0.6 is 0 Å². The molecular formula is C27H22N2O7. The van der Waals surface area contributed by atoms with E-state index in [9.17, 15) is 19.5 Å². The van der Waals surface area contributed by atoms with Crippen molar-refractivity contribution in [3.05, 3.63) is 83.4 Å². The van der Waals surface area contributed by atoms with Gasteiger partial charge in [-0.05, 0) is 54.1 Å². The molecule has 3 aromatic carbocycles. The summed E-state index contributed by atoms with van der Waals surface area (Å²) in [5, 5.41) is 14.0. The number of anilines is 2. The third kappa shape index (κ3) is 4.00. The summed E-state index contributed by atoms with van der Waals surface area (Å²) >= 11 is 0. The first-order valence-corrected chi connectivity index (χ1v) is 11.1. The molecule has 2 aliphatic heterocycles. The Labute approximate surface area is 206 Å². The maximum Gasteiger partial charge on any atom is 0.300 e. The lowest BCUT2D eigenvalue weighted by Crippen LogP contribution is -2.29. The number of carbonyl (C=O) groups is 3. The van der Waals surface area contributed by atoms with Crippen LogP contribution in [0.3, 0.4) is 0 Å². The first-order valence-electron chi connectivity index (χ1n) is 11.1. The van der Waals surface area contributed by atoms with Crippen molar-refractivity contribution in [2.75, 3.05) is 24.1 Å². The van der Waals surface area contributed by atoms with E-state index in [4.69, 9.17) is 14.2 Å². The van der Waals surface area contributed by atoms with E-state index >= 15 is 0 Å². The minimum absolute atomic E-state index is 0.0540. The number of fused-ring (bicyclic) bond motifs is 1. The highest BCUT2D eigenvalue weighted by molar-refractivity contribution is 6.51. The molecule has 1 saturated heterocycles. The van der Waals surface area contributed by atoms with Crippen LogP contribution in [0, 0.1) is 0 Å². The highest BCUT2D eigenvalue weighted by Gasteiger charge is 2.47. The first-order chi connectivity index (χ1) is 17.4. The molecule has 0 spiro atoms. The zero-order chi connectivity index (χ0) is 25.4. The molecule has 0 radical (unpaired) electrons. The Morgan fingerprint density at radius 3 is 2.58 bits per heavy atom. The van der Waals surface area contributed by atoms with Crippen LogP contribution in [0.1, 0.15) is 24.1 Å². The number of ether oxygens (including phenoxy) is 3. The molecule has 36 heavy (non-hydrogen) atoms. The number of Topliss-reactive ketones (excluding diaryl/α,β-unsaturated/α-hetero) is 1. The van der Waals surface area contributed by atoms with Crippen molar-refractivity contribution in [3.63, 3.8) is 0 Å². The second-order valence-corrected chi connectivity index (χ2v) is 8.25. The van der Waals surface area contributed by atoms with E-state index in [0.29, 0.717) is 39.8 Å². The molecule has 1 atom stereocenters. The molecular weight excluding hydrogens is 464 g/mol. The molecule has 1 fully saturated rings. The largest absolute Gasteiger partial charge is 0.507 e. The van der Waals surface area contributed by atoms with Crippen LogP contribution in [-0.2, 0) is 14.4 Å². The number of nitrogens with one attached hydrogen (secondary N) is 1. The molecule has 3 aromatic rings. The van der Waals surface area contributed by atoms with Crippen molar-refractivity contribution >= 4 is 34.7 Å². The normalized spacial score (nSPS) is 17.8. The lowest BCUT2D eigenvalue weighted by atomic mass is 9.94. The fourth-order valence-corrected chi connectivity index (χ4v) is 4.36. The van der Waals surface area contributed by atoms with Gasteiger partial charge in [0.1, 0.15) is 11.5 Å². The number of ketones is 1. The summed E-state index contributed by atoms with van der Waals surface area (Å²) in [6.45, 7) is 1.43. The minimum atomic E-state index is -0.960. The monoisotopic (exact) mass is 486 g/mol. The molecule has 2 heterocycles. The molecule has 2 amide bonds. The fourth-order valence-electron chi connectivity index (χ4n) is 4.36. The Morgan fingerprint density at radius 1 is 1.03 bits per heavy atom. The molecule has 0 saturated carbocycles. The molecule has 1 unspecified atom stereocenters. The van der Waals surface area contributed by atoms with Crippen LogP contribution in [0.25, 0.3) is 5.76 Å². The van der Waals surface area contributed by atoms with Crippen LogP contribution < -0.4 is 24.4 Å². The minimum Gasteiger partial charge on any atom is -0.507 e. The Morgan fingerprint density at radius 2 is 1.81 bits per heavy atom. The van der Waals surface area contributed by atoms with Gasteiger partial charge in [0.2, 0.25) is 12.7 Å². The summed E-state index contributed by atoms with van der Waals surface area (Å²) in [5.74, 6) is -0.817. The lowest BCUT2D eigenvalue weighted by Gasteiger charge is -2.26. The SMILES string of the molecule is COc1cccc(C2/C(=C(/O)c3ccc4c(c3)OCO4)C(=O)C(=O)N2c2cccc(NC(C)=O)c2)c1. The third-order valence-corrected chi connectivity index (χ3v) is 5.94. The van der Waals surface area contributed by atoms with E-state index in [-0.39, 0.29) is 24.0 Å². The number of rotatable bonds is 5. The third-order valence-electron chi connectivity index (χ3n) is 5.94. The van der Waals surface area contributed by atoms with Gasteiger partial charge in [0.15, 0.2) is 11.5 Å². The van der Waals surface area contributed by atoms with Gasteiger partial charge in [0.05, 0.1) is 18.7 Å². The predicted molar refractivity (Wildman–Crippen MR) is 131 cm³/mol. The van der Waals surface area contributed by atoms with Gasteiger partial charge in [-0.25, -0.2) is 0 Å². The van der Waals surface area contributed by atoms with Crippen LogP contribution in [0.15, 0.2) is 72.3 Å². The van der Waals surface area contributed by atoms with Crippen LogP contribution in [-0.4, -0.2) is 36.6 Å². The Kier molecular flexibility index (Phi) is 5.81. The molecule has 5 rings (SSSR count). The number of amides is 2. The molecule has 9 nitrogen and oxygen atoms in total. The summed E-state index contributed by atoms with van der Waals surface area (Å²) in [6.07, 6.45) is 0. The van der Waals surface area contributed by atoms with Gasteiger partial charge in [0, 0.05) is 23.9 Å². The Balaban J connectivity index is 1.69. The van der Waals surface area contributed by atoms with Gasteiger partial charge in [0.25, 0.3) is 11.7 Å². The fraction of sp³-hybridized carbons (Fsp3) is 0.148. The molecule has 0 bridgehead atoms. The van der Waals surface area contributed by atoms with E-state index in [1.807, 2.05) is 0 Å². The number of carbonyl (C=O) groups excluding carboxylic acids is 3. The lowest BCUT2D eigenvalue weighted by molar-refractivity contribution is -0.132. The van der Waals surface area contributed by atoms with Gasteiger partial charge in [-0.15, -0.1) is 0 Å². The second-order valence-electron chi connectivity index (χ2n) is 8.25. The van der Waals surface area contributed by atoms with Gasteiger partial charge < -0.3 is 24.6 Å². The first kappa shape index (κ1) is 23.0. The van der Waals surface area contributed by atoms with E-state index in [0.717, 1.165) is 0 Å². The topological polar surface area (TPSA) is 114 Å². The number of methoxy groups -OCH3 is 1. The van der Waals surface area contributed by atoms with E-state index in [2.05, 4.69) is 5.32 Å². The van der Waals surface area contributed by atoms with E-state index < -0.39 is 17.7 Å². The van der Waals surface area contributed by atoms with E-state index in [1.54, 1.807) is 66.7 Å². The Bertz CT molecular complexity index is 1430. The van der Waals surface area contributed by atoms with Gasteiger partial charge >= 0.3 is 0 Å². The van der Waals surface area contributed by atoms with Crippen molar-refractivity contribution in [2.45, 2.75) is 13.0 Å². The molecule has 2 aliphatic rings. The standard InChI is InChI=1S/C27H22N2O7/c1-15(30)28-18-6-4-7-19(13-18)29-24(16-5-3-8-20(11-16)34-2)23(26(32)27(29)33)25(31)17-9-10-21-22(12-17)36-14-35-21/h3-13,24,31H,14H2,1-2H3,(H,28,30)/b25-23-. The van der Waals surface area contributed by atoms with Crippen molar-refractivity contribution < 1.29 is 33.7 Å². The van der Waals surface area contributed by atoms with E-state index in [1.165, 1.54) is 18.9 Å². The quantitative estimate of drug-likeness (QED) is 0.318. The summed E-state index contributed by atoms with van der Waals surface area (Å²) in [4.78, 5) is 39.6. The molecule has 0 aliphatic carbocycles. The number of aliphatic hydroxyl groups is 1. The highest BCUT2D eigenvalue weighted by atomic mass is 16.7. The van der Waals surface area contributed by atoms with Gasteiger partial charge in [-0.1, -0.05) is 18.2 Å². The number of aliphatic hydroxyl groups excluding tert-OH is 1. The van der Waals surface area contributed by atoms with Crippen molar-refractivity contribution in [1.29, 1.82) is 0 Å². The van der Waals surface area contributed by atoms with Crippen molar-refractivity contribution in [3.8, 4) is 17.2 Å². The van der Waals surface area contributed by atoms with Crippen LogP contribution in [0.5, 0.6) is 17.2 Å². The van der Waals surface area contributed by atoms with Crippen molar-refractivity contribution in [2.24, 2.45) is 0 Å². The number of hydrogen-bond donors (Lipinski definition) is 2. The van der Waals surface area contributed by atoms with Crippen LogP contribution in [0.4, 0.5) is 11.4 Å². The number of nitrogens with zero attached hydrogens (tertiary/aromatic N) is 1. The van der Waals surface area contributed by atoms with Crippen LogP contribution in [0.2, 0.25) is 0 Å². The summed E-state index contributed by atoms with van der Waals surface area (Å²) in [7, 11) is 1.51. The molecule has 182 valence electrons. The summed E-state index contributed by atoms with van der Waals surface area (Å²) in [6, 6.07) is 17.3. The summed E-state index contributed by atoms with van der Waals surface area (Å²) < 4.78 is 16.1. The molecule has 2 N–H and O–H groups in total. The summed E-state index contributed by atoms with van der Waals surface area (Å²) in [5.41, 5.74) is 1.61. The number of benzene rings is 3. The smallest absolute Gasteiger partial charge is 0.300 e. The maximum atomic E-state index is 13.4. The Hall–Kier alpha value is -4.79. The van der Waals surface area contributed by atoms with Gasteiger partial charge in [-0.2, -0.15) is 0 Å². The predicted octanol–water partition coefficient (Wildman–Crippen LogP) is 4.01. The molecule has 9 heteroatoms. The average molecular weight is 486 g/mol. The molecule has 0 aromatic heterocycles. The van der Waals surface area contributed by atoms with Crippen molar-refractivity contribution in [1.82, 2.24) is 0 Å². The average Bonchev–Trinajstić information content (AvgIpc) is 3.45.